The van der Waals surface area contributed by atoms with Crippen molar-refractivity contribution in [1.82, 2.24) is 4.90 Å². The van der Waals surface area contributed by atoms with Crippen molar-refractivity contribution in [2.24, 2.45) is 0 Å². The molecule has 20 heavy (non-hydrogen) atoms. The van der Waals surface area contributed by atoms with E-state index in [1.54, 1.807) is 12.1 Å². The Balaban J connectivity index is 1.77. The number of nitrogens with zero attached hydrogens (tertiary/aromatic N) is 1. The molecule has 0 spiro atoms. The Morgan fingerprint density at radius 3 is 2.70 bits per heavy atom. The third kappa shape index (κ3) is 3.02. The maximum absolute atomic E-state index is 13.4. The Morgan fingerprint density at radius 2 is 1.95 bits per heavy atom. The maximum atomic E-state index is 13.4. The van der Waals surface area contributed by atoms with E-state index in [-0.39, 0.29) is 5.82 Å². The average molecular weight is 290 g/mol. The molecule has 0 aromatic heterocycles. The van der Waals surface area contributed by atoms with E-state index in [0.29, 0.717) is 6.04 Å². The van der Waals surface area contributed by atoms with Gasteiger partial charge in [-0.1, -0.05) is 35.9 Å². The lowest BCUT2D eigenvalue weighted by Gasteiger charge is -2.25. The highest BCUT2D eigenvalue weighted by Crippen LogP contribution is 2.33. The zero-order chi connectivity index (χ0) is 13.9. The fraction of sp³-hybridized carbons (Fsp3) is 0.294. The molecule has 2 aromatic carbocycles. The van der Waals surface area contributed by atoms with Crippen molar-refractivity contribution in [2.75, 3.05) is 6.54 Å². The third-order valence-corrected chi connectivity index (χ3v) is 4.15. The predicted octanol–water partition coefficient (Wildman–Crippen LogP) is 4.82. The second kappa shape index (κ2) is 5.94. The Bertz CT molecular complexity index is 582. The van der Waals surface area contributed by atoms with Crippen LogP contribution in [0.4, 0.5) is 4.39 Å². The van der Waals surface area contributed by atoms with E-state index in [9.17, 15) is 4.39 Å². The van der Waals surface area contributed by atoms with Gasteiger partial charge in [-0.15, -0.1) is 0 Å². The molecule has 0 aliphatic carbocycles. The van der Waals surface area contributed by atoms with Crippen LogP contribution < -0.4 is 0 Å². The summed E-state index contributed by atoms with van der Waals surface area (Å²) in [5.74, 6) is -0.152. The van der Waals surface area contributed by atoms with Gasteiger partial charge in [-0.3, -0.25) is 4.90 Å². The van der Waals surface area contributed by atoms with Gasteiger partial charge in [0.25, 0.3) is 0 Å². The second-order valence-corrected chi connectivity index (χ2v) is 5.75. The fourth-order valence-electron chi connectivity index (χ4n) is 2.93. The molecule has 3 heteroatoms. The lowest BCUT2D eigenvalue weighted by Crippen LogP contribution is -2.22. The Kier molecular flexibility index (Phi) is 4.04. The lowest BCUT2D eigenvalue weighted by atomic mass is 10.0. The van der Waals surface area contributed by atoms with Gasteiger partial charge < -0.3 is 0 Å². The van der Waals surface area contributed by atoms with Crippen LogP contribution in [0.1, 0.15) is 30.0 Å². The lowest BCUT2D eigenvalue weighted by molar-refractivity contribution is 0.248. The molecule has 1 aliphatic rings. The Hall–Kier alpha value is -1.38. The highest BCUT2D eigenvalue weighted by molar-refractivity contribution is 6.30. The molecule has 1 fully saturated rings. The zero-order valence-corrected chi connectivity index (χ0v) is 12.0. The molecule has 1 unspecified atom stereocenters. The molecule has 1 heterocycles. The van der Waals surface area contributed by atoms with E-state index in [1.807, 2.05) is 18.2 Å². The monoisotopic (exact) mass is 289 g/mol. The minimum absolute atomic E-state index is 0.152. The van der Waals surface area contributed by atoms with Crippen molar-refractivity contribution < 1.29 is 4.39 Å². The summed E-state index contributed by atoms with van der Waals surface area (Å²) >= 11 is 5.92. The summed E-state index contributed by atoms with van der Waals surface area (Å²) in [7, 11) is 0. The molecular formula is C17H17ClFN. The van der Waals surface area contributed by atoms with Crippen molar-refractivity contribution in [3.8, 4) is 0 Å². The van der Waals surface area contributed by atoms with Crippen LogP contribution in [0, 0.1) is 5.82 Å². The number of hydrogen-bond acceptors (Lipinski definition) is 1. The molecule has 3 rings (SSSR count). The number of benzene rings is 2. The topological polar surface area (TPSA) is 3.24 Å². The predicted molar refractivity (Wildman–Crippen MR) is 80.2 cm³/mol. The SMILES string of the molecule is Fc1cccc(C2CCCN2Cc2ccc(Cl)cc2)c1. The van der Waals surface area contributed by atoms with Crippen LogP contribution >= 0.6 is 11.6 Å². The molecule has 0 bridgehead atoms. The van der Waals surface area contributed by atoms with Gasteiger partial charge in [0.2, 0.25) is 0 Å². The van der Waals surface area contributed by atoms with Crippen LogP contribution in [0.5, 0.6) is 0 Å². The first-order valence-electron chi connectivity index (χ1n) is 6.96. The molecule has 2 aromatic rings. The Labute approximate surface area is 124 Å². The molecule has 104 valence electrons. The van der Waals surface area contributed by atoms with Crippen LogP contribution in [0.25, 0.3) is 0 Å². The summed E-state index contributed by atoms with van der Waals surface area (Å²) in [5.41, 5.74) is 2.33. The number of hydrogen-bond donors (Lipinski definition) is 0. The zero-order valence-electron chi connectivity index (χ0n) is 11.2. The average Bonchev–Trinajstić information content (AvgIpc) is 2.89. The van der Waals surface area contributed by atoms with Gasteiger partial charge in [-0.05, 0) is 54.8 Å². The van der Waals surface area contributed by atoms with Crippen molar-refractivity contribution in [1.29, 1.82) is 0 Å². The van der Waals surface area contributed by atoms with E-state index >= 15 is 0 Å². The van der Waals surface area contributed by atoms with E-state index in [2.05, 4.69) is 17.0 Å². The minimum Gasteiger partial charge on any atom is -0.292 e. The quantitative estimate of drug-likeness (QED) is 0.783. The van der Waals surface area contributed by atoms with Gasteiger partial charge in [0, 0.05) is 17.6 Å². The highest BCUT2D eigenvalue weighted by atomic mass is 35.5. The number of halogens is 2. The van der Waals surface area contributed by atoms with Gasteiger partial charge in [0.1, 0.15) is 5.82 Å². The van der Waals surface area contributed by atoms with Crippen molar-refractivity contribution in [3.05, 3.63) is 70.5 Å². The van der Waals surface area contributed by atoms with Crippen molar-refractivity contribution >= 4 is 11.6 Å². The van der Waals surface area contributed by atoms with E-state index in [1.165, 1.54) is 11.6 Å². The molecule has 1 nitrogen and oxygen atoms in total. The molecule has 0 saturated carbocycles. The first kappa shape index (κ1) is 13.6. The van der Waals surface area contributed by atoms with Crippen molar-refractivity contribution in [3.63, 3.8) is 0 Å². The molecular weight excluding hydrogens is 273 g/mol. The molecule has 0 N–H and O–H groups in total. The molecule has 1 aliphatic heterocycles. The normalized spacial score (nSPS) is 19.4. The summed E-state index contributed by atoms with van der Waals surface area (Å²) in [6.07, 6.45) is 2.26. The molecule has 1 atom stereocenters. The van der Waals surface area contributed by atoms with E-state index in [0.717, 1.165) is 36.5 Å². The highest BCUT2D eigenvalue weighted by Gasteiger charge is 2.26. The standard InChI is InChI=1S/C17H17ClFN/c18-15-8-6-13(7-9-15)12-20-10-2-5-17(20)14-3-1-4-16(19)11-14/h1,3-4,6-9,11,17H,2,5,10,12H2. The van der Waals surface area contributed by atoms with Crippen LogP contribution in [0.3, 0.4) is 0 Å². The first-order valence-corrected chi connectivity index (χ1v) is 7.34. The van der Waals surface area contributed by atoms with Gasteiger partial charge in [0.15, 0.2) is 0 Å². The van der Waals surface area contributed by atoms with E-state index in [4.69, 9.17) is 11.6 Å². The Morgan fingerprint density at radius 1 is 1.15 bits per heavy atom. The minimum atomic E-state index is -0.152. The maximum Gasteiger partial charge on any atom is 0.123 e. The van der Waals surface area contributed by atoms with Gasteiger partial charge >= 0.3 is 0 Å². The summed E-state index contributed by atoms with van der Waals surface area (Å²) in [6, 6.07) is 15.3. The van der Waals surface area contributed by atoms with Crippen LogP contribution in [-0.2, 0) is 6.54 Å². The third-order valence-electron chi connectivity index (χ3n) is 3.90. The summed E-state index contributed by atoms with van der Waals surface area (Å²) in [5, 5.41) is 0.761. The molecule has 0 amide bonds. The summed E-state index contributed by atoms with van der Waals surface area (Å²) in [6.45, 7) is 1.95. The molecule has 1 saturated heterocycles. The smallest absolute Gasteiger partial charge is 0.123 e. The summed E-state index contributed by atoms with van der Waals surface area (Å²) in [4.78, 5) is 2.41. The first-order chi connectivity index (χ1) is 9.72. The largest absolute Gasteiger partial charge is 0.292 e. The summed E-state index contributed by atoms with van der Waals surface area (Å²) < 4.78 is 13.4. The second-order valence-electron chi connectivity index (χ2n) is 5.31. The number of likely N-dealkylation sites (tertiary alicyclic amines) is 1. The van der Waals surface area contributed by atoms with Crippen LogP contribution in [0.2, 0.25) is 5.02 Å². The molecule has 0 radical (unpaired) electrons. The van der Waals surface area contributed by atoms with Gasteiger partial charge in [0.05, 0.1) is 0 Å². The van der Waals surface area contributed by atoms with Crippen LogP contribution in [0.15, 0.2) is 48.5 Å². The van der Waals surface area contributed by atoms with Crippen LogP contribution in [-0.4, -0.2) is 11.4 Å². The van der Waals surface area contributed by atoms with Gasteiger partial charge in [-0.2, -0.15) is 0 Å². The fourth-order valence-corrected chi connectivity index (χ4v) is 3.06. The van der Waals surface area contributed by atoms with Crippen molar-refractivity contribution in [2.45, 2.75) is 25.4 Å². The number of rotatable bonds is 3. The van der Waals surface area contributed by atoms with Gasteiger partial charge in [-0.25, -0.2) is 4.39 Å². The van der Waals surface area contributed by atoms with E-state index < -0.39 is 0 Å².